The fourth-order valence-electron chi connectivity index (χ4n) is 2.17. The zero-order chi connectivity index (χ0) is 12.1. The number of amides is 1. The van der Waals surface area contributed by atoms with Crippen molar-refractivity contribution in [1.29, 1.82) is 0 Å². The van der Waals surface area contributed by atoms with E-state index < -0.39 is 5.54 Å². The van der Waals surface area contributed by atoms with Crippen LogP contribution in [0.2, 0.25) is 0 Å². The number of hydrogen-bond donors (Lipinski definition) is 2. The number of nitrogens with two attached hydrogens (primary N) is 1. The SMILES string of the molecule is NC1(C(=O)NCCc2ncno2)CCCCC1. The van der Waals surface area contributed by atoms with Crippen molar-refractivity contribution in [2.45, 2.75) is 44.1 Å². The fourth-order valence-corrected chi connectivity index (χ4v) is 2.17. The minimum atomic E-state index is -0.674. The number of rotatable bonds is 4. The summed E-state index contributed by atoms with van der Waals surface area (Å²) in [5.74, 6) is 0.469. The highest BCUT2D eigenvalue weighted by molar-refractivity contribution is 5.86. The van der Waals surface area contributed by atoms with E-state index in [0.717, 1.165) is 25.7 Å². The summed E-state index contributed by atoms with van der Waals surface area (Å²) in [5, 5.41) is 6.34. The Labute approximate surface area is 99.9 Å². The Morgan fingerprint density at radius 2 is 2.24 bits per heavy atom. The highest BCUT2D eigenvalue weighted by atomic mass is 16.5. The smallest absolute Gasteiger partial charge is 0.240 e. The molecule has 0 atom stereocenters. The van der Waals surface area contributed by atoms with E-state index in [-0.39, 0.29) is 5.91 Å². The van der Waals surface area contributed by atoms with Gasteiger partial charge in [-0.3, -0.25) is 4.79 Å². The van der Waals surface area contributed by atoms with E-state index >= 15 is 0 Å². The predicted molar refractivity (Wildman–Crippen MR) is 61.0 cm³/mol. The van der Waals surface area contributed by atoms with Crippen LogP contribution >= 0.6 is 0 Å². The van der Waals surface area contributed by atoms with Crippen LogP contribution in [0.3, 0.4) is 0 Å². The van der Waals surface area contributed by atoms with Crippen molar-refractivity contribution in [3.8, 4) is 0 Å². The summed E-state index contributed by atoms with van der Waals surface area (Å²) in [7, 11) is 0. The van der Waals surface area contributed by atoms with Gasteiger partial charge in [-0.15, -0.1) is 0 Å². The summed E-state index contributed by atoms with van der Waals surface area (Å²) in [4.78, 5) is 15.8. The topological polar surface area (TPSA) is 94.0 Å². The molecule has 1 aromatic rings. The molecular weight excluding hydrogens is 220 g/mol. The quantitative estimate of drug-likeness (QED) is 0.791. The molecule has 1 saturated carbocycles. The van der Waals surface area contributed by atoms with E-state index in [2.05, 4.69) is 15.5 Å². The molecule has 1 aromatic heterocycles. The molecule has 6 nitrogen and oxygen atoms in total. The van der Waals surface area contributed by atoms with Gasteiger partial charge in [0.1, 0.15) is 0 Å². The summed E-state index contributed by atoms with van der Waals surface area (Å²) >= 11 is 0. The van der Waals surface area contributed by atoms with Crippen molar-refractivity contribution < 1.29 is 9.32 Å². The Kier molecular flexibility index (Phi) is 3.73. The summed E-state index contributed by atoms with van der Waals surface area (Å²) in [5.41, 5.74) is 5.43. The molecule has 2 rings (SSSR count). The fraction of sp³-hybridized carbons (Fsp3) is 0.727. The second-order valence-electron chi connectivity index (χ2n) is 4.56. The molecule has 1 heterocycles. The number of nitrogens with zero attached hydrogens (tertiary/aromatic N) is 2. The summed E-state index contributed by atoms with van der Waals surface area (Å²) < 4.78 is 4.84. The molecule has 0 bridgehead atoms. The number of carbonyl (C=O) groups excluding carboxylic acids is 1. The molecule has 1 aliphatic carbocycles. The van der Waals surface area contributed by atoms with E-state index in [0.29, 0.717) is 18.9 Å². The van der Waals surface area contributed by atoms with Crippen LogP contribution in [-0.2, 0) is 11.2 Å². The van der Waals surface area contributed by atoms with Crippen LogP contribution in [0.5, 0.6) is 0 Å². The first kappa shape index (κ1) is 12.0. The summed E-state index contributed by atoms with van der Waals surface area (Å²) in [6.45, 7) is 0.486. The molecule has 1 amide bonds. The van der Waals surface area contributed by atoms with Crippen molar-refractivity contribution in [2.75, 3.05) is 6.54 Å². The van der Waals surface area contributed by atoms with Crippen molar-refractivity contribution in [3.05, 3.63) is 12.2 Å². The monoisotopic (exact) mass is 238 g/mol. The molecule has 0 aromatic carbocycles. The molecule has 6 heteroatoms. The number of hydrogen-bond acceptors (Lipinski definition) is 5. The Balaban J connectivity index is 1.76. The van der Waals surface area contributed by atoms with Crippen LogP contribution in [0.4, 0.5) is 0 Å². The molecule has 0 radical (unpaired) electrons. The lowest BCUT2D eigenvalue weighted by Crippen LogP contribution is -2.55. The first-order valence-corrected chi connectivity index (χ1v) is 6.03. The average Bonchev–Trinajstić information content (AvgIpc) is 2.83. The minimum absolute atomic E-state index is 0.0586. The van der Waals surface area contributed by atoms with Crippen LogP contribution in [0.25, 0.3) is 0 Å². The molecule has 0 aliphatic heterocycles. The molecule has 17 heavy (non-hydrogen) atoms. The summed E-state index contributed by atoms with van der Waals surface area (Å²) in [6.07, 6.45) is 6.69. The first-order chi connectivity index (χ1) is 8.21. The number of carbonyl (C=O) groups is 1. The zero-order valence-electron chi connectivity index (χ0n) is 9.82. The van der Waals surface area contributed by atoms with Crippen molar-refractivity contribution >= 4 is 5.91 Å². The largest absolute Gasteiger partial charge is 0.354 e. The molecule has 0 unspecified atom stereocenters. The maximum absolute atomic E-state index is 11.9. The zero-order valence-corrected chi connectivity index (χ0v) is 9.82. The van der Waals surface area contributed by atoms with Crippen LogP contribution in [-0.4, -0.2) is 28.1 Å². The van der Waals surface area contributed by atoms with Gasteiger partial charge in [-0.2, -0.15) is 4.98 Å². The Hall–Kier alpha value is -1.43. The molecule has 1 fully saturated rings. The van der Waals surface area contributed by atoms with Crippen LogP contribution in [0.15, 0.2) is 10.9 Å². The van der Waals surface area contributed by atoms with Crippen LogP contribution in [0.1, 0.15) is 38.0 Å². The van der Waals surface area contributed by atoms with Crippen molar-refractivity contribution in [2.24, 2.45) is 5.73 Å². The minimum Gasteiger partial charge on any atom is -0.354 e. The lowest BCUT2D eigenvalue weighted by molar-refractivity contribution is -0.127. The predicted octanol–water partition coefficient (Wildman–Crippen LogP) is 0.390. The van der Waals surface area contributed by atoms with Gasteiger partial charge in [0.2, 0.25) is 11.8 Å². The van der Waals surface area contributed by atoms with E-state index in [4.69, 9.17) is 10.3 Å². The molecule has 3 N–H and O–H groups in total. The van der Waals surface area contributed by atoms with E-state index in [9.17, 15) is 4.79 Å². The van der Waals surface area contributed by atoms with Gasteiger partial charge in [0.25, 0.3) is 0 Å². The highest BCUT2D eigenvalue weighted by Gasteiger charge is 2.34. The van der Waals surface area contributed by atoms with Gasteiger partial charge in [-0.1, -0.05) is 24.4 Å². The molecule has 0 saturated heterocycles. The van der Waals surface area contributed by atoms with Gasteiger partial charge in [0, 0.05) is 13.0 Å². The molecular formula is C11H18N4O2. The number of nitrogens with one attached hydrogen (secondary N) is 1. The standard InChI is InChI=1S/C11H18N4O2/c12-11(5-2-1-3-6-11)10(16)13-7-4-9-14-8-15-17-9/h8H,1-7,12H2,(H,13,16). The Bertz CT molecular complexity index is 358. The van der Waals surface area contributed by atoms with Crippen LogP contribution in [0, 0.1) is 0 Å². The lowest BCUT2D eigenvalue weighted by atomic mass is 9.82. The molecule has 0 spiro atoms. The second kappa shape index (κ2) is 5.27. The van der Waals surface area contributed by atoms with Crippen molar-refractivity contribution in [1.82, 2.24) is 15.5 Å². The average molecular weight is 238 g/mol. The van der Waals surface area contributed by atoms with E-state index in [1.54, 1.807) is 0 Å². The Morgan fingerprint density at radius 3 is 2.88 bits per heavy atom. The third-order valence-corrected chi connectivity index (χ3v) is 3.23. The Morgan fingerprint density at radius 1 is 1.47 bits per heavy atom. The van der Waals surface area contributed by atoms with Crippen molar-refractivity contribution in [3.63, 3.8) is 0 Å². The van der Waals surface area contributed by atoms with Gasteiger partial charge in [0.05, 0.1) is 5.54 Å². The third-order valence-electron chi connectivity index (χ3n) is 3.23. The molecule has 94 valence electrons. The highest BCUT2D eigenvalue weighted by Crippen LogP contribution is 2.25. The van der Waals surface area contributed by atoms with E-state index in [1.165, 1.54) is 12.7 Å². The van der Waals surface area contributed by atoms with Crippen LogP contribution < -0.4 is 11.1 Å². The summed E-state index contributed by atoms with van der Waals surface area (Å²) in [6, 6.07) is 0. The normalized spacial score (nSPS) is 18.9. The third kappa shape index (κ3) is 3.03. The second-order valence-corrected chi connectivity index (χ2v) is 4.56. The lowest BCUT2D eigenvalue weighted by Gasteiger charge is -2.31. The maximum atomic E-state index is 11.9. The molecule has 1 aliphatic rings. The van der Waals surface area contributed by atoms with Gasteiger partial charge in [-0.05, 0) is 12.8 Å². The number of aromatic nitrogens is 2. The van der Waals surface area contributed by atoms with Gasteiger partial charge >= 0.3 is 0 Å². The van der Waals surface area contributed by atoms with Gasteiger partial charge in [-0.25, -0.2) is 0 Å². The van der Waals surface area contributed by atoms with Gasteiger partial charge in [0.15, 0.2) is 6.33 Å². The maximum Gasteiger partial charge on any atom is 0.240 e. The van der Waals surface area contributed by atoms with E-state index in [1.807, 2.05) is 0 Å². The van der Waals surface area contributed by atoms with Gasteiger partial charge < -0.3 is 15.6 Å². The first-order valence-electron chi connectivity index (χ1n) is 6.03.